The van der Waals surface area contributed by atoms with Gasteiger partial charge < -0.3 is 5.11 Å². The fraction of sp³-hybridized carbons (Fsp3) is 0. The van der Waals surface area contributed by atoms with E-state index >= 15 is 0 Å². The second-order valence-corrected chi connectivity index (χ2v) is 5.99. The minimum atomic E-state index is -0.970. The number of rotatable bonds is 3. The summed E-state index contributed by atoms with van der Waals surface area (Å²) in [6, 6.07) is 14.5. The lowest BCUT2D eigenvalue weighted by molar-refractivity contribution is -0.131. The Morgan fingerprint density at radius 1 is 1.17 bits per heavy atom. The summed E-state index contributed by atoms with van der Waals surface area (Å²) in [5.41, 5.74) is 2.85. The average Bonchev–Trinajstić information content (AvgIpc) is 3.14. The number of aromatic nitrogens is 2. The van der Waals surface area contributed by atoms with E-state index in [0.29, 0.717) is 0 Å². The Morgan fingerprint density at radius 3 is 2.83 bits per heavy atom. The van der Waals surface area contributed by atoms with E-state index < -0.39 is 5.97 Å². The molecule has 0 atom stereocenters. The first-order valence-electron chi connectivity index (χ1n) is 7.07. The van der Waals surface area contributed by atoms with Crippen molar-refractivity contribution in [2.24, 2.45) is 0 Å². The van der Waals surface area contributed by atoms with Gasteiger partial charge in [0.25, 0.3) is 0 Å². The number of carboxylic acids is 1. The molecule has 2 aromatic heterocycles. The fourth-order valence-corrected chi connectivity index (χ4v) is 3.54. The number of imidazole rings is 1. The molecule has 0 amide bonds. The van der Waals surface area contributed by atoms with Gasteiger partial charge in [-0.1, -0.05) is 36.4 Å². The molecule has 1 N–H and O–H groups in total. The summed E-state index contributed by atoms with van der Waals surface area (Å²) in [5.74, 6) is -0.970. The summed E-state index contributed by atoms with van der Waals surface area (Å²) in [4.78, 5) is 15.9. The Balaban J connectivity index is 1.90. The molecule has 0 aliphatic heterocycles. The minimum absolute atomic E-state index is 0.756. The maximum atomic E-state index is 10.8. The Hall–Kier alpha value is -2.92. The molecule has 23 heavy (non-hydrogen) atoms. The third kappa shape index (κ3) is 2.41. The Bertz CT molecular complexity index is 1060. The van der Waals surface area contributed by atoms with Gasteiger partial charge in [-0.15, -0.1) is 11.3 Å². The number of hydrogen-bond acceptors (Lipinski definition) is 3. The van der Waals surface area contributed by atoms with Crippen LogP contribution < -0.4 is 0 Å². The first-order valence-corrected chi connectivity index (χ1v) is 7.95. The van der Waals surface area contributed by atoms with Crippen molar-refractivity contribution in [3.63, 3.8) is 0 Å². The molecular formula is C18H12N2O2S. The lowest BCUT2D eigenvalue weighted by Gasteiger charge is -2.04. The molecule has 0 fully saturated rings. The first kappa shape index (κ1) is 13.7. The maximum Gasteiger partial charge on any atom is 0.328 e. The molecule has 0 unspecified atom stereocenters. The van der Waals surface area contributed by atoms with Crippen LogP contribution in [0.1, 0.15) is 5.69 Å². The zero-order valence-electron chi connectivity index (χ0n) is 12.0. The number of fused-ring (bicyclic) bond motifs is 2. The molecule has 0 saturated heterocycles. The van der Waals surface area contributed by atoms with Gasteiger partial charge in [0.1, 0.15) is 0 Å². The van der Waals surface area contributed by atoms with Crippen LogP contribution in [0.25, 0.3) is 33.1 Å². The van der Waals surface area contributed by atoms with E-state index in [9.17, 15) is 4.79 Å². The van der Waals surface area contributed by atoms with Crippen molar-refractivity contribution in [3.05, 3.63) is 65.8 Å². The normalized spacial score (nSPS) is 11.7. The lowest BCUT2D eigenvalue weighted by Crippen LogP contribution is -1.90. The van der Waals surface area contributed by atoms with Gasteiger partial charge in [-0.3, -0.25) is 4.40 Å². The third-order valence-corrected chi connectivity index (χ3v) is 4.56. The molecule has 0 aliphatic carbocycles. The zero-order valence-corrected chi connectivity index (χ0v) is 12.8. The smallest absolute Gasteiger partial charge is 0.328 e. The topological polar surface area (TPSA) is 54.6 Å². The van der Waals surface area contributed by atoms with Crippen LogP contribution in [0.3, 0.4) is 0 Å². The van der Waals surface area contributed by atoms with Crippen LogP contribution in [0, 0.1) is 0 Å². The van der Waals surface area contributed by atoms with Gasteiger partial charge in [-0.25, -0.2) is 9.78 Å². The van der Waals surface area contributed by atoms with E-state index in [4.69, 9.17) is 5.11 Å². The summed E-state index contributed by atoms with van der Waals surface area (Å²) in [5, 5.41) is 13.2. The lowest BCUT2D eigenvalue weighted by atomic mass is 10.1. The monoisotopic (exact) mass is 320 g/mol. The molecule has 0 spiro atoms. The molecule has 112 valence electrons. The summed E-state index contributed by atoms with van der Waals surface area (Å²) >= 11 is 1.54. The third-order valence-electron chi connectivity index (χ3n) is 3.72. The quantitative estimate of drug-likeness (QED) is 0.572. The van der Waals surface area contributed by atoms with Crippen LogP contribution >= 0.6 is 11.3 Å². The van der Waals surface area contributed by atoms with Crippen molar-refractivity contribution in [2.75, 3.05) is 0 Å². The van der Waals surface area contributed by atoms with E-state index in [1.165, 1.54) is 22.1 Å². The van der Waals surface area contributed by atoms with Crippen molar-refractivity contribution in [1.82, 2.24) is 9.38 Å². The standard InChI is InChI=1S/C18H12N2O2S/c21-17(22)8-7-15-10-19-18-20(15)16(11-23-18)14-6-5-12-3-1-2-4-13(12)9-14/h1-11H,(H,21,22)/b8-7+. The summed E-state index contributed by atoms with van der Waals surface area (Å²) in [6.45, 7) is 0. The average molecular weight is 320 g/mol. The maximum absolute atomic E-state index is 10.8. The highest BCUT2D eigenvalue weighted by atomic mass is 32.1. The van der Waals surface area contributed by atoms with Gasteiger partial charge in [0.2, 0.25) is 0 Å². The van der Waals surface area contributed by atoms with E-state index in [1.807, 2.05) is 21.9 Å². The van der Waals surface area contributed by atoms with Crippen molar-refractivity contribution in [3.8, 4) is 11.3 Å². The molecule has 0 bridgehead atoms. The predicted molar refractivity (Wildman–Crippen MR) is 92.7 cm³/mol. The second-order valence-electron chi connectivity index (χ2n) is 5.16. The Kier molecular flexibility index (Phi) is 3.20. The molecular weight excluding hydrogens is 308 g/mol. The molecule has 0 radical (unpaired) electrons. The fourth-order valence-electron chi connectivity index (χ4n) is 2.65. The van der Waals surface area contributed by atoms with E-state index in [2.05, 4.69) is 35.3 Å². The van der Waals surface area contributed by atoms with Gasteiger partial charge in [-0.2, -0.15) is 0 Å². The molecule has 4 rings (SSSR count). The number of aliphatic carboxylic acids is 1. The van der Waals surface area contributed by atoms with Gasteiger partial charge in [0, 0.05) is 17.0 Å². The molecule has 4 aromatic rings. The number of thiazole rings is 1. The van der Waals surface area contributed by atoms with Crippen LogP contribution in [0.2, 0.25) is 0 Å². The van der Waals surface area contributed by atoms with Crippen LogP contribution in [0.5, 0.6) is 0 Å². The Labute approximate surface area is 136 Å². The van der Waals surface area contributed by atoms with Crippen LogP contribution in [0.15, 0.2) is 60.1 Å². The molecule has 5 heteroatoms. The van der Waals surface area contributed by atoms with Crippen LogP contribution in [0.4, 0.5) is 0 Å². The largest absolute Gasteiger partial charge is 0.478 e. The number of nitrogens with zero attached hydrogens (tertiary/aromatic N) is 2. The van der Waals surface area contributed by atoms with Gasteiger partial charge in [-0.05, 0) is 22.9 Å². The van der Waals surface area contributed by atoms with Gasteiger partial charge >= 0.3 is 5.97 Å². The van der Waals surface area contributed by atoms with E-state index in [1.54, 1.807) is 12.3 Å². The molecule has 2 heterocycles. The predicted octanol–water partition coefficient (Wildman–Crippen LogP) is 4.31. The molecule has 0 aliphatic rings. The molecule has 4 nitrogen and oxygen atoms in total. The zero-order chi connectivity index (χ0) is 15.8. The summed E-state index contributed by atoms with van der Waals surface area (Å²) in [7, 11) is 0. The minimum Gasteiger partial charge on any atom is -0.478 e. The highest BCUT2D eigenvalue weighted by Gasteiger charge is 2.11. The number of carboxylic acid groups (broad SMARTS) is 1. The number of hydrogen-bond donors (Lipinski definition) is 1. The Morgan fingerprint density at radius 2 is 2.00 bits per heavy atom. The van der Waals surface area contributed by atoms with Gasteiger partial charge in [0.05, 0.1) is 17.6 Å². The second kappa shape index (κ2) is 5.37. The van der Waals surface area contributed by atoms with Crippen LogP contribution in [-0.2, 0) is 4.79 Å². The van der Waals surface area contributed by atoms with Crippen LogP contribution in [-0.4, -0.2) is 20.5 Å². The highest BCUT2D eigenvalue weighted by Crippen LogP contribution is 2.30. The molecule has 2 aromatic carbocycles. The van der Waals surface area contributed by atoms with Crippen molar-refractivity contribution >= 4 is 39.1 Å². The van der Waals surface area contributed by atoms with Crippen molar-refractivity contribution in [1.29, 1.82) is 0 Å². The number of benzene rings is 2. The van der Waals surface area contributed by atoms with Crippen molar-refractivity contribution in [2.45, 2.75) is 0 Å². The van der Waals surface area contributed by atoms with Crippen molar-refractivity contribution < 1.29 is 9.90 Å². The number of carbonyl (C=O) groups is 1. The highest BCUT2D eigenvalue weighted by molar-refractivity contribution is 7.15. The summed E-state index contributed by atoms with van der Waals surface area (Å²) < 4.78 is 1.98. The van der Waals surface area contributed by atoms with E-state index in [0.717, 1.165) is 28.0 Å². The summed E-state index contributed by atoms with van der Waals surface area (Å²) in [6.07, 6.45) is 4.39. The van der Waals surface area contributed by atoms with E-state index in [-0.39, 0.29) is 0 Å². The molecule has 0 saturated carbocycles. The SMILES string of the molecule is O=C(O)/C=C/c1cnc2scc(-c3ccc4ccccc4c3)n12. The van der Waals surface area contributed by atoms with Gasteiger partial charge in [0.15, 0.2) is 4.96 Å². The first-order chi connectivity index (χ1) is 11.2.